The minimum Gasteiger partial charge on any atom is -0.359 e. The van der Waals surface area contributed by atoms with Crippen molar-refractivity contribution in [3.8, 4) is 0 Å². The molecule has 0 bridgehead atoms. The summed E-state index contributed by atoms with van der Waals surface area (Å²) in [4.78, 5) is 1.89. The van der Waals surface area contributed by atoms with Crippen molar-refractivity contribution in [3.05, 3.63) is 0 Å². The molecule has 1 rings (SSSR count). The summed E-state index contributed by atoms with van der Waals surface area (Å²) in [5, 5.41) is 7.76. The molecule has 0 atom stereocenters. The number of nitrogens with one attached hydrogen (secondary N) is 1. The minimum absolute atomic E-state index is 0.435. The van der Waals surface area contributed by atoms with Crippen LogP contribution in [0.3, 0.4) is 0 Å². The van der Waals surface area contributed by atoms with Gasteiger partial charge in [0.1, 0.15) is 0 Å². The standard InChI is InChI=1S/C10H20N2O2S/c1-10(2,15(3,13)14)8-12-7-5-4-6-9(12)11/h11H,4-8H2,1-3H3. The van der Waals surface area contributed by atoms with Gasteiger partial charge < -0.3 is 4.90 Å². The maximum atomic E-state index is 11.5. The molecule has 0 saturated carbocycles. The van der Waals surface area contributed by atoms with Gasteiger partial charge in [0.05, 0.1) is 10.6 Å². The van der Waals surface area contributed by atoms with Gasteiger partial charge in [-0.05, 0) is 26.7 Å². The smallest absolute Gasteiger partial charge is 0.154 e. The van der Waals surface area contributed by atoms with E-state index in [0.717, 1.165) is 25.8 Å². The highest BCUT2D eigenvalue weighted by molar-refractivity contribution is 7.92. The molecule has 1 fully saturated rings. The highest BCUT2D eigenvalue weighted by atomic mass is 32.2. The Balaban J connectivity index is 2.72. The molecule has 0 unspecified atom stereocenters. The SMILES string of the molecule is CC(C)(CN1CCCCC1=N)S(C)(=O)=O. The van der Waals surface area contributed by atoms with Crippen LogP contribution in [-0.2, 0) is 9.84 Å². The minimum atomic E-state index is -3.06. The number of rotatable bonds is 3. The first-order valence-electron chi connectivity index (χ1n) is 5.26. The molecule has 1 N–H and O–H groups in total. The zero-order chi connectivity index (χ0) is 11.7. The van der Waals surface area contributed by atoms with E-state index in [0.29, 0.717) is 12.4 Å². The molecule has 88 valence electrons. The molecule has 1 saturated heterocycles. The Labute approximate surface area is 92.1 Å². The number of likely N-dealkylation sites (tertiary alicyclic amines) is 1. The molecule has 0 aromatic heterocycles. The van der Waals surface area contributed by atoms with Gasteiger partial charge in [-0.15, -0.1) is 0 Å². The van der Waals surface area contributed by atoms with Gasteiger partial charge in [-0.25, -0.2) is 8.42 Å². The summed E-state index contributed by atoms with van der Waals surface area (Å²) >= 11 is 0. The summed E-state index contributed by atoms with van der Waals surface area (Å²) in [6, 6.07) is 0. The molecule has 4 nitrogen and oxygen atoms in total. The lowest BCUT2D eigenvalue weighted by atomic mass is 10.1. The molecule has 0 amide bonds. The van der Waals surface area contributed by atoms with Crippen molar-refractivity contribution >= 4 is 15.7 Å². The maximum absolute atomic E-state index is 11.5. The number of hydrogen-bond donors (Lipinski definition) is 1. The van der Waals surface area contributed by atoms with Crippen LogP contribution in [0.25, 0.3) is 0 Å². The highest BCUT2D eigenvalue weighted by Crippen LogP contribution is 2.20. The van der Waals surface area contributed by atoms with E-state index in [4.69, 9.17) is 5.41 Å². The van der Waals surface area contributed by atoms with Crippen molar-refractivity contribution in [2.75, 3.05) is 19.3 Å². The molecular formula is C10H20N2O2S. The lowest BCUT2D eigenvalue weighted by Crippen LogP contribution is -2.47. The quantitative estimate of drug-likeness (QED) is 0.797. The monoisotopic (exact) mass is 232 g/mol. The Hall–Kier alpha value is -0.580. The lowest BCUT2D eigenvalue weighted by molar-refractivity contribution is 0.335. The third-order valence-electron chi connectivity index (χ3n) is 3.05. The van der Waals surface area contributed by atoms with Gasteiger partial charge >= 0.3 is 0 Å². The van der Waals surface area contributed by atoms with Crippen molar-refractivity contribution in [2.45, 2.75) is 37.9 Å². The number of hydrogen-bond acceptors (Lipinski definition) is 3. The van der Waals surface area contributed by atoms with Crippen molar-refractivity contribution in [3.63, 3.8) is 0 Å². The van der Waals surface area contributed by atoms with Crippen LogP contribution < -0.4 is 0 Å². The van der Waals surface area contributed by atoms with E-state index in [1.165, 1.54) is 6.26 Å². The van der Waals surface area contributed by atoms with E-state index in [9.17, 15) is 8.42 Å². The molecule has 1 heterocycles. The van der Waals surface area contributed by atoms with Crippen LogP contribution in [-0.4, -0.2) is 43.2 Å². The largest absolute Gasteiger partial charge is 0.359 e. The van der Waals surface area contributed by atoms with Crippen LogP contribution in [0, 0.1) is 5.41 Å². The summed E-state index contributed by atoms with van der Waals surface area (Å²) in [6.45, 7) is 4.71. The van der Waals surface area contributed by atoms with E-state index in [2.05, 4.69) is 0 Å². The Morgan fingerprint density at radius 1 is 1.40 bits per heavy atom. The Bertz CT molecular complexity index is 346. The van der Waals surface area contributed by atoms with Crippen molar-refractivity contribution in [1.82, 2.24) is 4.90 Å². The summed E-state index contributed by atoms with van der Waals surface area (Å²) < 4.78 is 22.3. The summed E-state index contributed by atoms with van der Waals surface area (Å²) in [7, 11) is -3.06. The number of amidine groups is 1. The summed E-state index contributed by atoms with van der Waals surface area (Å²) in [5.41, 5.74) is 0. The molecule has 0 aromatic rings. The van der Waals surface area contributed by atoms with Crippen molar-refractivity contribution < 1.29 is 8.42 Å². The first-order chi connectivity index (χ1) is 6.74. The predicted molar refractivity (Wildman–Crippen MR) is 62.1 cm³/mol. The third kappa shape index (κ3) is 2.93. The van der Waals surface area contributed by atoms with Crippen LogP contribution in [0.15, 0.2) is 0 Å². The third-order valence-corrected chi connectivity index (χ3v) is 5.19. The Kier molecular flexibility index (Phi) is 3.43. The zero-order valence-corrected chi connectivity index (χ0v) is 10.5. The van der Waals surface area contributed by atoms with E-state index >= 15 is 0 Å². The molecular weight excluding hydrogens is 212 g/mol. The van der Waals surface area contributed by atoms with Crippen molar-refractivity contribution in [1.29, 1.82) is 5.41 Å². The zero-order valence-electron chi connectivity index (χ0n) is 9.71. The van der Waals surface area contributed by atoms with Crippen LogP contribution in [0.5, 0.6) is 0 Å². The van der Waals surface area contributed by atoms with Crippen molar-refractivity contribution in [2.24, 2.45) is 0 Å². The second kappa shape index (κ2) is 4.12. The topological polar surface area (TPSA) is 61.2 Å². The highest BCUT2D eigenvalue weighted by Gasteiger charge is 2.33. The van der Waals surface area contributed by atoms with Gasteiger partial charge in [-0.1, -0.05) is 0 Å². The normalized spacial score (nSPS) is 19.4. The molecule has 1 aliphatic heterocycles. The summed E-state index contributed by atoms with van der Waals surface area (Å²) in [6.07, 6.45) is 4.15. The second-order valence-electron chi connectivity index (χ2n) is 4.86. The van der Waals surface area contributed by atoms with Crippen LogP contribution in [0.1, 0.15) is 33.1 Å². The summed E-state index contributed by atoms with van der Waals surface area (Å²) in [5.74, 6) is 0.581. The first-order valence-corrected chi connectivity index (χ1v) is 7.15. The number of piperidine rings is 1. The van der Waals surface area contributed by atoms with Gasteiger partial charge in [-0.3, -0.25) is 5.41 Å². The molecule has 0 spiro atoms. The molecule has 15 heavy (non-hydrogen) atoms. The van der Waals surface area contributed by atoms with E-state index in [-0.39, 0.29) is 0 Å². The fourth-order valence-corrected chi connectivity index (χ4v) is 2.03. The maximum Gasteiger partial charge on any atom is 0.154 e. The molecule has 0 aliphatic carbocycles. The van der Waals surface area contributed by atoms with E-state index in [1.54, 1.807) is 13.8 Å². The second-order valence-corrected chi connectivity index (χ2v) is 7.51. The lowest BCUT2D eigenvalue weighted by Gasteiger charge is -2.35. The number of sulfone groups is 1. The molecule has 0 radical (unpaired) electrons. The molecule has 1 aliphatic rings. The van der Waals surface area contributed by atoms with Gasteiger partial charge in [0.2, 0.25) is 0 Å². The molecule has 5 heteroatoms. The van der Waals surface area contributed by atoms with E-state index in [1.807, 2.05) is 4.90 Å². The van der Waals surface area contributed by atoms with Gasteiger partial charge in [-0.2, -0.15) is 0 Å². The van der Waals surface area contributed by atoms with Gasteiger partial charge in [0.25, 0.3) is 0 Å². The van der Waals surface area contributed by atoms with Gasteiger partial charge in [0.15, 0.2) is 9.84 Å². The average Bonchev–Trinajstić information content (AvgIpc) is 2.06. The van der Waals surface area contributed by atoms with E-state index < -0.39 is 14.6 Å². The Morgan fingerprint density at radius 3 is 2.47 bits per heavy atom. The van der Waals surface area contributed by atoms with Gasteiger partial charge in [0, 0.05) is 25.8 Å². The molecule has 0 aromatic carbocycles. The Morgan fingerprint density at radius 2 is 2.00 bits per heavy atom. The average molecular weight is 232 g/mol. The van der Waals surface area contributed by atoms with Crippen LogP contribution in [0.4, 0.5) is 0 Å². The first kappa shape index (κ1) is 12.5. The van der Waals surface area contributed by atoms with Crippen LogP contribution in [0.2, 0.25) is 0 Å². The fourth-order valence-electron chi connectivity index (χ4n) is 1.64. The number of nitrogens with zero attached hydrogens (tertiary/aromatic N) is 1. The predicted octanol–water partition coefficient (Wildman–Crippen LogP) is 1.27. The fraction of sp³-hybridized carbons (Fsp3) is 0.900. The van der Waals surface area contributed by atoms with Crippen LogP contribution >= 0.6 is 0 Å².